The topological polar surface area (TPSA) is 122 Å². The zero-order valence-corrected chi connectivity index (χ0v) is 5.96. The zero-order chi connectivity index (χ0) is 9.35. The van der Waals surface area contributed by atoms with E-state index >= 15 is 0 Å². The standard InChI is InChI=1S/C5H7N3O4/c6-5(3(10)11)1-2(9)7-4(12)8-5/h1,6H2,(H,10,11)(H2,7,8,9,12). The molecule has 0 aliphatic carbocycles. The minimum Gasteiger partial charge on any atom is -0.478 e. The van der Waals surface area contributed by atoms with Crippen LogP contribution in [0.2, 0.25) is 0 Å². The third kappa shape index (κ3) is 1.35. The number of carbonyl (C=O) groups is 3. The Bertz CT molecular complexity index is 245. The Kier molecular flexibility index (Phi) is 1.73. The van der Waals surface area contributed by atoms with E-state index in [1.54, 1.807) is 0 Å². The van der Waals surface area contributed by atoms with Gasteiger partial charge in [-0.2, -0.15) is 0 Å². The molecular formula is C5H7N3O4. The van der Waals surface area contributed by atoms with Gasteiger partial charge in [0.15, 0.2) is 5.66 Å². The first kappa shape index (κ1) is 8.47. The Morgan fingerprint density at radius 2 is 2.17 bits per heavy atom. The summed E-state index contributed by atoms with van der Waals surface area (Å²) in [7, 11) is 0. The maximum atomic E-state index is 10.7. The summed E-state index contributed by atoms with van der Waals surface area (Å²) >= 11 is 0. The average Bonchev–Trinajstić information content (AvgIpc) is 1.82. The minimum absolute atomic E-state index is 0.464. The van der Waals surface area contributed by atoms with Crippen LogP contribution in [-0.4, -0.2) is 28.7 Å². The number of hydrogen-bond acceptors (Lipinski definition) is 4. The van der Waals surface area contributed by atoms with E-state index in [4.69, 9.17) is 10.8 Å². The van der Waals surface area contributed by atoms with Gasteiger partial charge in [0, 0.05) is 0 Å². The number of imide groups is 1. The van der Waals surface area contributed by atoms with Gasteiger partial charge in [0.2, 0.25) is 5.91 Å². The molecule has 12 heavy (non-hydrogen) atoms. The van der Waals surface area contributed by atoms with Crippen molar-refractivity contribution in [3.8, 4) is 0 Å². The van der Waals surface area contributed by atoms with Crippen LogP contribution in [0.5, 0.6) is 0 Å². The smallest absolute Gasteiger partial charge is 0.345 e. The molecule has 0 aromatic carbocycles. The third-order valence-corrected chi connectivity index (χ3v) is 1.41. The highest BCUT2D eigenvalue weighted by atomic mass is 16.4. The van der Waals surface area contributed by atoms with Crippen LogP contribution >= 0.6 is 0 Å². The SMILES string of the molecule is NC1(C(=O)O)CC(=O)NC(=O)N1. The first-order valence-corrected chi connectivity index (χ1v) is 3.08. The molecule has 1 saturated heterocycles. The summed E-state index contributed by atoms with van der Waals surface area (Å²) in [6.45, 7) is 0. The van der Waals surface area contributed by atoms with Crippen molar-refractivity contribution in [1.82, 2.24) is 10.6 Å². The average molecular weight is 173 g/mol. The van der Waals surface area contributed by atoms with Crippen molar-refractivity contribution in [3.63, 3.8) is 0 Å². The lowest BCUT2D eigenvalue weighted by atomic mass is 10.1. The summed E-state index contributed by atoms with van der Waals surface area (Å²) in [5, 5.41) is 12.3. The molecule has 0 bridgehead atoms. The van der Waals surface area contributed by atoms with Gasteiger partial charge in [-0.15, -0.1) is 0 Å². The molecule has 66 valence electrons. The predicted molar refractivity (Wildman–Crippen MR) is 35.8 cm³/mol. The molecule has 1 aliphatic heterocycles. The number of carboxylic acids is 1. The Hall–Kier alpha value is -1.63. The van der Waals surface area contributed by atoms with E-state index in [1.165, 1.54) is 0 Å². The van der Waals surface area contributed by atoms with Crippen LogP contribution in [0.25, 0.3) is 0 Å². The first-order chi connectivity index (χ1) is 5.44. The quantitative estimate of drug-likeness (QED) is 0.363. The Labute approximate surface area is 66.9 Å². The molecule has 1 rings (SSSR count). The van der Waals surface area contributed by atoms with Crippen molar-refractivity contribution in [2.24, 2.45) is 5.73 Å². The Morgan fingerprint density at radius 3 is 2.58 bits per heavy atom. The van der Waals surface area contributed by atoms with E-state index in [2.05, 4.69) is 0 Å². The summed E-state index contributed by atoms with van der Waals surface area (Å²) in [5.74, 6) is -2.14. The molecule has 7 heteroatoms. The molecule has 1 atom stereocenters. The van der Waals surface area contributed by atoms with Gasteiger partial charge in [0.1, 0.15) is 0 Å². The number of carboxylic acid groups (broad SMARTS) is 1. The Morgan fingerprint density at radius 1 is 1.58 bits per heavy atom. The first-order valence-electron chi connectivity index (χ1n) is 3.08. The number of urea groups is 1. The van der Waals surface area contributed by atoms with E-state index in [0.717, 1.165) is 0 Å². The number of carbonyl (C=O) groups excluding carboxylic acids is 2. The highest BCUT2D eigenvalue weighted by Crippen LogP contribution is 2.06. The molecule has 1 unspecified atom stereocenters. The number of nitrogens with two attached hydrogens (primary N) is 1. The number of hydrogen-bond donors (Lipinski definition) is 4. The second kappa shape index (κ2) is 2.45. The monoisotopic (exact) mass is 173 g/mol. The van der Waals surface area contributed by atoms with Gasteiger partial charge in [-0.25, -0.2) is 9.59 Å². The predicted octanol–water partition coefficient (Wildman–Crippen LogP) is -2.04. The second-order valence-corrected chi connectivity index (χ2v) is 2.46. The largest absolute Gasteiger partial charge is 0.478 e. The van der Waals surface area contributed by atoms with Crippen LogP contribution in [0.15, 0.2) is 0 Å². The van der Waals surface area contributed by atoms with Crippen LogP contribution < -0.4 is 16.4 Å². The van der Waals surface area contributed by atoms with E-state index in [9.17, 15) is 14.4 Å². The molecule has 0 saturated carbocycles. The number of nitrogens with one attached hydrogen (secondary N) is 2. The number of aliphatic carboxylic acids is 1. The van der Waals surface area contributed by atoms with Gasteiger partial charge < -0.3 is 10.4 Å². The van der Waals surface area contributed by atoms with Gasteiger partial charge in [0.25, 0.3) is 0 Å². The lowest BCUT2D eigenvalue weighted by Gasteiger charge is -2.28. The van der Waals surface area contributed by atoms with Gasteiger partial charge in [-0.1, -0.05) is 0 Å². The highest BCUT2D eigenvalue weighted by molar-refractivity contribution is 6.02. The maximum absolute atomic E-state index is 10.7. The molecule has 1 fully saturated rings. The molecule has 0 radical (unpaired) electrons. The fourth-order valence-corrected chi connectivity index (χ4v) is 0.831. The van der Waals surface area contributed by atoms with Crippen LogP contribution in [-0.2, 0) is 9.59 Å². The number of amides is 3. The van der Waals surface area contributed by atoms with Gasteiger partial charge >= 0.3 is 12.0 Å². The minimum atomic E-state index is -1.97. The summed E-state index contributed by atoms with van der Waals surface area (Å²) in [4.78, 5) is 31.7. The van der Waals surface area contributed by atoms with Crippen molar-refractivity contribution in [1.29, 1.82) is 0 Å². The van der Waals surface area contributed by atoms with Crippen molar-refractivity contribution >= 4 is 17.9 Å². The van der Waals surface area contributed by atoms with Crippen LogP contribution in [0.3, 0.4) is 0 Å². The molecule has 5 N–H and O–H groups in total. The number of rotatable bonds is 1. The third-order valence-electron chi connectivity index (χ3n) is 1.41. The fraction of sp³-hybridized carbons (Fsp3) is 0.400. The molecule has 1 aliphatic rings. The van der Waals surface area contributed by atoms with E-state index in [1.807, 2.05) is 10.6 Å². The zero-order valence-electron chi connectivity index (χ0n) is 5.96. The van der Waals surface area contributed by atoms with E-state index < -0.39 is 30.0 Å². The Balaban J connectivity index is 2.85. The van der Waals surface area contributed by atoms with Gasteiger partial charge in [-0.05, 0) is 0 Å². The lowest BCUT2D eigenvalue weighted by molar-refractivity contribution is -0.147. The summed E-state index contributed by atoms with van der Waals surface area (Å²) in [6, 6.07) is -0.892. The summed E-state index contributed by atoms with van der Waals surface area (Å²) in [6.07, 6.45) is -0.464. The molecule has 0 aromatic rings. The van der Waals surface area contributed by atoms with E-state index in [-0.39, 0.29) is 0 Å². The molecule has 0 spiro atoms. The van der Waals surface area contributed by atoms with Crippen molar-refractivity contribution in [2.75, 3.05) is 0 Å². The van der Waals surface area contributed by atoms with E-state index in [0.29, 0.717) is 0 Å². The van der Waals surface area contributed by atoms with Crippen molar-refractivity contribution in [3.05, 3.63) is 0 Å². The molecule has 3 amide bonds. The molecule has 7 nitrogen and oxygen atoms in total. The highest BCUT2D eigenvalue weighted by Gasteiger charge is 2.42. The summed E-state index contributed by atoms with van der Waals surface area (Å²) in [5.41, 5.74) is 3.22. The molecular weight excluding hydrogens is 166 g/mol. The van der Waals surface area contributed by atoms with Crippen molar-refractivity contribution in [2.45, 2.75) is 12.1 Å². The van der Waals surface area contributed by atoms with Gasteiger partial charge in [-0.3, -0.25) is 15.8 Å². The lowest BCUT2D eigenvalue weighted by Crippen LogP contribution is -2.69. The summed E-state index contributed by atoms with van der Waals surface area (Å²) < 4.78 is 0. The maximum Gasteiger partial charge on any atom is 0.345 e. The normalized spacial score (nSPS) is 29.1. The van der Waals surface area contributed by atoms with Crippen molar-refractivity contribution < 1.29 is 19.5 Å². The van der Waals surface area contributed by atoms with Gasteiger partial charge in [0.05, 0.1) is 6.42 Å². The second-order valence-electron chi connectivity index (χ2n) is 2.46. The van der Waals surface area contributed by atoms with Crippen LogP contribution in [0, 0.1) is 0 Å². The molecule has 1 heterocycles. The fourth-order valence-electron chi connectivity index (χ4n) is 0.831. The van der Waals surface area contributed by atoms with Crippen LogP contribution in [0.1, 0.15) is 6.42 Å². The van der Waals surface area contributed by atoms with Crippen LogP contribution in [0.4, 0.5) is 4.79 Å². The molecule has 0 aromatic heterocycles.